The Hall–Kier alpha value is -2.03. The maximum Gasteiger partial charge on any atom is 0.419 e. The number of carbonyl (C=O) groups excluding carboxylic acids is 2. The average molecular weight is 423 g/mol. The van der Waals surface area contributed by atoms with Crippen molar-refractivity contribution >= 4 is 29.3 Å². The van der Waals surface area contributed by atoms with Gasteiger partial charge in [0, 0.05) is 6.54 Å². The first-order valence-electron chi connectivity index (χ1n) is 9.04. The average Bonchev–Trinajstić information content (AvgIpc) is 2.63. The van der Waals surface area contributed by atoms with E-state index in [0.717, 1.165) is 12.3 Å². The second-order valence-electron chi connectivity index (χ2n) is 7.15. The van der Waals surface area contributed by atoms with Crippen LogP contribution in [-0.2, 0) is 20.5 Å². The van der Waals surface area contributed by atoms with Crippen molar-refractivity contribution in [3.63, 3.8) is 0 Å². The van der Waals surface area contributed by atoms with Crippen LogP contribution in [0.2, 0.25) is 5.02 Å². The van der Waals surface area contributed by atoms with E-state index in [9.17, 15) is 22.8 Å². The number of anilines is 1. The molecule has 1 saturated heterocycles. The van der Waals surface area contributed by atoms with Crippen LogP contribution in [0.3, 0.4) is 0 Å². The lowest BCUT2D eigenvalue weighted by Gasteiger charge is -2.26. The predicted octanol–water partition coefficient (Wildman–Crippen LogP) is 2.70. The summed E-state index contributed by atoms with van der Waals surface area (Å²) in [6, 6.07) is 0.878. The lowest BCUT2D eigenvalue weighted by molar-refractivity contribution is -0.367. The molecule has 0 aromatic carbocycles. The first kappa shape index (κ1) is 22.3. The van der Waals surface area contributed by atoms with Crippen LogP contribution in [0, 0.1) is 11.8 Å². The van der Waals surface area contributed by atoms with Crippen LogP contribution in [0.1, 0.15) is 32.3 Å². The van der Waals surface area contributed by atoms with Gasteiger partial charge in [0.15, 0.2) is 6.61 Å². The van der Waals surface area contributed by atoms with Gasteiger partial charge >= 0.3 is 12.1 Å². The molecule has 1 fully saturated rings. The number of hydrogen-bond acceptors (Lipinski definition) is 4. The maximum absolute atomic E-state index is 12.7. The van der Waals surface area contributed by atoms with Crippen molar-refractivity contribution in [2.24, 2.45) is 11.8 Å². The molecule has 1 aromatic heterocycles. The number of carbonyl (C=O) groups is 2. The monoisotopic (exact) mass is 422 g/mol. The molecule has 0 saturated carbocycles. The number of alkyl halides is 3. The Labute approximate surface area is 166 Å². The third-order valence-electron chi connectivity index (χ3n) is 4.40. The van der Waals surface area contributed by atoms with Crippen LogP contribution >= 0.6 is 11.6 Å². The van der Waals surface area contributed by atoms with E-state index in [4.69, 9.17) is 16.3 Å². The highest BCUT2D eigenvalue weighted by atomic mass is 35.5. The number of rotatable bonds is 6. The van der Waals surface area contributed by atoms with Crippen LogP contribution in [0.4, 0.5) is 19.0 Å². The fraction of sp³-hybridized carbons (Fsp3) is 0.611. The molecule has 0 atom stereocenters. The van der Waals surface area contributed by atoms with E-state index in [1.807, 2.05) is 13.8 Å². The van der Waals surface area contributed by atoms with E-state index in [0.29, 0.717) is 44.2 Å². The smallest absolute Gasteiger partial charge is 0.419 e. The van der Waals surface area contributed by atoms with E-state index in [1.54, 1.807) is 4.90 Å². The highest BCUT2D eigenvalue weighted by Gasteiger charge is 2.35. The Morgan fingerprint density at radius 2 is 2.00 bits per heavy atom. The summed E-state index contributed by atoms with van der Waals surface area (Å²) >= 11 is 6.00. The number of pyridine rings is 1. The maximum atomic E-state index is 12.7. The number of hydrogen-bond donors (Lipinski definition) is 1. The fourth-order valence-corrected chi connectivity index (χ4v) is 3.12. The standard InChI is InChI=1S/C18H23ClF3N3O3/c1-11(2)8-23-15(26)10-28-17(27)12-3-5-25(6-4-12)16-14(19)7-13(9-24-16)18(20,21)22/h7,9,11-12H,3-6,8,10H2,1-2H3,(H,23,26)/p+1. The molecule has 10 heteroatoms. The van der Waals surface area contributed by atoms with Crippen molar-refractivity contribution in [2.45, 2.75) is 32.9 Å². The molecule has 1 amide bonds. The third-order valence-corrected chi connectivity index (χ3v) is 4.69. The molecule has 1 aliphatic rings. The van der Waals surface area contributed by atoms with Gasteiger partial charge in [0.25, 0.3) is 11.7 Å². The number of ether oxygens (including phenoxy) is 1. The minimum absolute atomic E-state index is 0.0299. The molecule has 1 aliphatic heterocycles. The fourth-order valence-electron chi connectivity index (χ4n) is 2.83. The zero-order chi connectivity index (χ0) is 20.9. The van der Waals surface area contributed by atoms with Crippen molar-refractivity contribution in [3.05, 3.63) is 22.8 Å². The van der Waals surface area contributed by atoms with Gasteiger partial charge in [0.2, 0.25) is 0 Å². The van der Waals surface area contributed by atoms with Gasteiger partial charge in [0.05, 0.1) is 24.6 Å². The van der Waals surface area contributed by atoms with Gasteiger partial charge in [-0.05, 0) is 24.8 Å². The lowest BCUT2D eigenvalue weighted by atomic mass is 9.97. The molecular weight excluding hydrogens is 399 g/mol. The van der Waals surface area contributed by atoms with E-state index in [2.05, 4.69) is 10.3 Å². The minimum Gasteiger partial charge on any atom is -0.455 e. The molecule has 2 rings (SSSR count). The van der Waals surface area contributed by atoms with Gasteiger partial charge < -0.3 is 10.1 Å². The Kier molecular flexibility index (Phi) is 7.51. The van der Waals surface area contributed by atoms with Gasteiger partial charge in [-0.1, -0.05) is 25.4 Å². The molecule has 2 N–H and O–H groups in total. The summed E-state index contributed by atoms with van der Waals surface area (Å²) in [4.78, 5) is 28.1. The van der Waals surface area contributed by atoms with Gasteiger partial charge in [-0.15, -0.1) is 0 Å². The minimum atomic E-state index is -4.48. The number of piperidine rings is 1. The zero-order valence-corrected chi connectivity index (χ0v) is 16.5. The summed E-state index contributed by atoms with van der Waals surface area (Å²) in [6.45, 7) is 4.98. The molecule has 0 radical (unpaired) electrons. The predicted molar refractivity (Wildman–Crippen MR) is 96.8 cm³/mol. The SMILES string of the molecule is CC(C)CNC(=O)COC(=O)C1CCN(c2[nH+]cc(C(F)(F)F)cc2Cl)CC1. The molecule has 2 heterocycles. The zero-order valence-electron chi connectivity index (χ0n) is 15.7. The van der Waals surface area contributed by atoms with Crippen molar-refractivity contribution in [1.82, 2.24) is 5.32 Å². The lowest BCUT2D eigenvalue weighted by Crippen LogP contribution is -2.40. The first-order chi connectivity index (χ1) is 13.1. The summed E-state index contributed by atoms with van der Waals surface area (Å²) in [5, 5.41) is 2.64. The number of aromatic amines is 1. The van der Waals surface area contributed by atoms with E-state index < -0.39 is 17.7 Å². The molecule has 0 unspecified atom stereocenters. The number of esters is 1. The number of amides is 1. The highest BCUT2D eigenvalue weighted by molar-refractivity contribution is 6.32. The molecule has 0 bridgehead atoms. The Balaban J connectivity index is 1.84. The number of halogens is 4. The van der Waals surface area contributed by atoms with Crippen LogP contribution in [-0.4, -0.2) is 38.1 Å². The van der Waals surface area contributed by atoms with Gasteiger partial charge in [0.1, 0.15) is 11.2 Å². The Bertz CT molecular complexity index is 705. The summed E-state index contributed by atoms with van der Waals surface area (Å²) < 4.78 is 43.2. The molecule has 1 aromatic rings. The van der Waals surface area contributed by atoms with Crippen molar-refractivity contribution in [1.29, 1.82) is 0 Å². The van der Waals surface area contributed by atoms with E-state index in [-0.39, 0.29) is 23.5 Å². The highest BCUT2D eigenvalue weighted by Crippen LogP contribution is 2.33. The molecule has 6 nitrogen and oxygen atoms in total. The summed E-state index contributed by atoms with van der Waals surface area (Å²) in [6.07, 6.45) is -2.69. The van der Waals surface area contributed by atoms with Gasteiger partial charge in [-0.25, -0.2) is 4.98 Å². The van der Waals surface area contributed by atoms with Crippen LogP contribution in [0.25, 0.3) is 0 Å². The number of H-pyrrole nitrogens is 1. The largest absolute Gasteiger partial charge is 0.455 e. The quantitative estimate of drug-likeness (QED) is 0.715. The summed E-state index contributed by atoms with van der Waals surface area (Å²) in [5.74, 6) is -0.456. The molecule has 0 spiro atoms. The summed E-state index contributed by atoms with van der Waals surface area (Å²) in [7, 11) is 0. The molecular formula is C18H24ClF3N3O3+. The van der Waals surface area contributed by atoms with Crippen molar-refractivity contribution in [3.8, 4) is 0 Å². The third kappa shape index (κ3) is 6.25. The molecule has 28 heavy (non-hydrogen) atoms. The van der Waals surface area contributed by atoms with E-state index >= 15 is 0 Å². The first-order valence-corrected chi connectivity index (χ1v) is 9.42. The number of nitrogens with one attached hydrogen (secondary N) is 2. The topological polar surface area (TPSA) is 72.8 Å². The van der Waals surface area contributed by atoms with Crippen molar-refractivity contribution in [2.75, 3.05) is 31.1 Å². The number of aromatic nitrogens is 1. The van der Waals surface area contributed by atoms with Crippen LogP contribution < -0.4 is 15.2 Å². The second kappa shape index (κ2) is 9.45. The van der Waals surface area contributed by atoms with Crippen molar-refractivity contribution < 1.29 is 32.5 Å². The van der Waals surface area contributed by atoms with E-state index in [1.165, 1.54) is 0 Å². The second-order valence-corrected chi connectivity index (χ2v) is 7.56. The molecule has 0 aliphatic carbocycles. The van der Waals surface area contributed by atoms with Crippen LogP contribution in [0.15, 0.2) is 12.3 Å². The Morgan fingerprint density at radius 3 is 2.54 bits per heavy atom. The summed E-state index contributed by atoms with van der Waals surface area (Å²) in [5.41, 5.74) is -0.851. The molecule has 156 valence electrons. The van der Waals surface area contributed by atoms with Gasteiger partial charge in [-0.2, -0.15) is 13.2 Å². The number of nitrogens with zero attached hydrogens (tertiary/aromatic N) is 1. The van der Waals surface area contributed by atoms with Crippen LogP contribution in [0.5, 0.6) is 0 Å². The normalized spacial score (nSPS) is 15.6. The van der Waals surface area contributed by atoms with Gasteiger partial charge in [-0.3, -0.25) is 14.5 Å². The Morgan fingerprint density at radius 1 is 1.36 bits per heavy atom.